The van der Waals surface area contributed by atoms with E-state index in [0.29, 0.717) is 12.1 Å². The van der Waals surface area contributed by atoms with E-state index in [0.717, 1.165) is 17.1 Å². The molecule has 0 saturated carbocycles. The second-order valence-electron chi connectivity index (χ2n) is 3.67. The topological polar surface area (TPSA) is 68.3 Å². The molecule has 5 heteroatoms. The van der Waals surface area contributed by atoms with Gasteiger partial charge in [0, 0.05) is 17.5 Å². The molecule has 0 spiro atoms. The maximum absolute atomic E-state index is 10.9. The summed E-state index contributed by atoms with van der Waals surface area (Å²) in [6.45, 7) is 4.19. The van der Waals surface area contributed by atoms with E-state index >= 15 is 0 Å². The first-order chi connectivity index (χ1) is 7.59. The molecule has 2 rings (SSSR count). The summed E-state index contributed by atoms with van der Waals surface area (Å²) in [4.78, 5) is 10.9. The van der Waals surface area contributed by atoms with Crippen LogP contribution >= 0.6 is 0 Å². The number of rotatable bonds is 3. The van der Waals surface area contributed by atoms with Gasteiger partial charge in [-0.15, -0.1) is 0 Å². The molecule has 84 valence electrons. The van der Waals surface area contributed by atoms with Gasteiger partial charge in [-0.1, -0.05) is 5.16 Å². The molecule has 2 aromatic heterocycles. The Morgan fingerprint density at radius 3 is 2.81 bits per heavy atom. The van der Waals surface area contributed by atoms with Gasteiger partial charge in [-0.05, 0) is 19.9 Å². The van der Waals surface area contributed by atoms with Gasteiger partial charge in [-0.3, -0.25) is 0 Å². The normalized spacial score (nSPS) is 10.6. The van der Waals surface area contributed by atoms with Crippen molar-refractivity contribution in [1.29, 1.82) is 0 Å². The maximum Gasteiger partial charge on any atom is 0.337 e. The van der Waals surface area contributed by atoms with Gasteiger partial charge < -0.3 is 14.2 Å². The molecule has 0 saturated heterocycles. The van der Waals surface area contributed by atoms with Crippen LogP contribution in [0.4, 0.5) is 0 Å². The Bertz CT molecular complexity index is 512. The van der Waals surface area contributed by atoms with Crippen molar-refractivity contribution < 1.29 is 14.4 Å². The molecule has 0 aliphatic rings. The average molecular weight is 220 g/mol. The summed E-state index contributed by atoms with van der Waals surface area (Å²) >= 11 is 0. The molecule has 0 unspecified atom stereocenters. The van der Waals surface area contributed by atoms with Crippen LogP contribution in [0.1, 0.15) is 27.4 Å². The third kappa shape index (κ3) is 1.71. The van der Waals surface area contributed by atoms with Crippen molar-refractivity contribution in [3.8, 4) is 0 Å². The summed E-state index contributed by atoms with van der Waals surface area (Å²) < 4.78 is 6.65. The Kier molecular flexibility index (Phi) is 2.52. The zero-order chi connectivity index (χ0) is 11.7. The standard InChI is InChI=1S/C11H12N2O3/c1-7-5-10(11(14)15)8(2)13(7)6-9-3-4-16-12-9/h3-5H,6H2,1-2H3,(H,14,15). The molecule has 2 aromatic rings. The van der Waals surface area contributed by atoms with Crippen molar-refractivity contribution in [1.82, 2.24) is 9.72 Å². The minimum atomic E-state index is -0.903. The van der Waals surface area contributed by atoms with Crippen LogP contribution in [0.2, 0.25) is 0 Å². The second-order valence-corrected chi connectivity index (χ2v) is 3.67. The molecule has 5 nitrogen and oxygen atoms in total. The lowest BCUT2D eigenvalue weighted by Crippen LogP contribution is -2.06. The van der Waals surface area contributed by atoms with Gasteiger partial charge in [-0.2, -0.15) is 0 Å². The van der Waals surface area contributed by atoms with Crippen LogP contribution in [0.5, 0.6) is 0 Å². The van der Waals surface area contributed by atoms with E-state index in [-0.39, 0.29) is 0 Å². The van der Waals surface area contributed by atoms with Crippen molar-refractivity contribution in [2.24, 2.45) is 0 Å². The monoisotopic (exact) mass is 220 g/mol. The largest absolute Gasteiger partial charge is 0.478 e. The number of nitrogens with zero attached hydrogens (tertiary/aromatic N) is 2. The molecule has 16 heavy (non-hydrogen) atoms. The van der Waals surface area contributed by atoms with Crippen molar-refractivity contribution in [3.05, 3.63) is 41.0 Å². The molecule has 0 amide bonds. The Morgan fingerprint density at radius 1 is 1.56 bits per heavy atom. The Balaban J connectivity index is 2.38. The molecular formula is C11H12N2O3. The van der Waals surface area contributed by atoms with Crippen LogP contribution < -0.4 is 0 Å². The summed E-state index contributed by atoms with van der Waals surface area (Å²) in [6, 6.07) is 3.43. The van der Waals surface area contributed by atoms with E-state index in [1.54, 1.807) is 19.1 Å². The predicted molar refractivity (Wildman–Crippen MR) is 56.5 cm³/mol. The third-order valence-electron chi connectivity index (χ3n) is 2.62. The summed E-state index contributed by atoms with van der Waals surface area (Å²) in [7, 11) is 0. The van der Waals surface area contributed by atoms with E-state index in [1.807, 2.05) is 11.5 Å². The first-order valence-electron chi connectivity index (χ1n) is 4.89. The molecule has 0 aromatic carbocycles. The number of hydrogen-bond donors (Lipinski definition) is 1. The van der Waals surface area contributed by atoms with E-state index in [4.69, 9.17) is 9.63 Å². The van der Waals surface area contributed by atoms with Crippen LogP contribution in [-0.2, 0) is 6.54 Å². The van der Waals surface area contributed by atoms with Crippen molar-refractivity contribution in [2.75, 3.05) is 0 Å². The Hall–Kier alpha value is -2.04. The average Bonchev–Trinajstić information content (AvgIpc) is 2.81. The summed E-state index contributed by atoms with van der Waals surface area (Å²) in [6.07, 6.45) is 1.50. The number of aromatic nitrogens is 2. The van der Waals surface area contributed by atoms with Crippen molar-refractivity contribution >= 4 is 5.97 Å². The molecular weight excluding hydrogens is 208 g/mol. The highest BCUT2D eigenvalue weighted by atomic mass is 16.5. The van der Waals surface area contributed by atoms with E-state index in [1.165, 1.54) is 6.26 Å². The number of carboxylic acid groups (broad SMARTS) is 1. The molecule has 0 bridgehead atoms. The van der Waals surface area contributed by atoms with Gasteiger partial charge >= 0.3 is 5.97 Å². The minimum Gasteiger partial charge on any atom is -0.478 e. The van der Waals surface area contributed by atoms with Crippen LogP contribution in [0.15, 0.2) is 22.9 Å². The van der Waals surface area contributed by atoms with E-state index in [2.05, 4.69) is 5.16 Å². The molecule has 2 heterocycles. The van der Waals surface area contributed by atoms with E-state index in [9.17, 15) is 4.79 Å². The van der Waals surface area contributed by atoms with Crippen LogP contribution in [0.25, 0.3) is 0 Å². The first-order valence-corrected chi connectivity index (χ1v) is 4.89. The summed E-state index contributed by atoms with van der Waals surface area (Å²) in [5.41, 5.74) is 2.74. The summed E-state index contributed by atoms with van der Waals surface area (Å²) in [5.74, 6) is -0.903. The number of aryl methyl sites for hydroxylation is 1. The molecule has 0 aliphatic heterocycles. The Morgan fingerprint density at radius 2 is 2.31 bits per heavy atom. The van der Waals surface area contributed by atoms with Crippen LogP contribution in [0.3, 0.4) is 0 Å². The fourth-order valence-electron chi connectivity index (χ4n) is 1.74. The predicted octanol–water partition coefficient (Wildman–Crippen LogP) is 1.84. The quantitative estimate of drug-likeness (QED) is 0.856. The van der Waals surface area contributed by atoms with Crippen LogP contribution in [-0.4, -0.2) is 20.8 Å². The first kappa shape index (κ1) is 10.5. The molecule has 0 radical (unpaired) electrons. The molecule has 0 fully saturated rings. The third-order valence-corrected chi connectivity index (χ3v) is 2.62. The zero-order valence-corrected chi connectivity index (χ0v) is 9.10. The van der Waals surface area contributed by atoms with Crippen molar-refractivity contribution in [2.45, 2.75) is 20.4 Å². The zero-order valence-electron chi connectivity index (χ0n) is 9.10. The number of carbonyl (C=O) groups is 1. The fraction of sp³-hybridized carbons (Fsp3) is 0.273. The highest BCUT2D eigenvalue weighted by Gasteiger charge is 2.15. The Labute approximate surface area is 92.3 Å². The number of aromatic carboxylic acids is 1. The van der Waals surface area contributed by atoms with Gasteiger partial charge in [0.1, 0.15) is 12.0 Å². The van der Waals surface area contributed by atoms with Crippen LogP contribution in [0, 0.1) is 13.8 Å². The van der Waals surface area contributed by atoms with E-state index < -0.39 is 5.97 Å². The molecule has 1 N–H and O–H groups in total. The van der Waals surface area contributed by atoms with Gasteiger partial charge in [0.15, 0.2) is 0 Å². The molecule has 0 atom stereocenters. The lowest BCUT2D eigenvalue weighted by Gasteiger charge is -2.06. The summed E-state index contributed by atoms with van der Waals surface area (Å²) in [5, 5.41) is 12.8. The lowest BCUT2D eigenvalue weighted by atomic mass is 10.2. The SMILES string of the molecule is Cc1cc(C(=O)O)c(C)n1Cc1ccon1. The molecule has 0 aliphatic carbocycles. The van der Waals surface area contributed by atoms with Gasteiger partial charge in [0.05, 0.1) is 12.1 Å². The smallest absolute Gasteiger partial charge is 0.337 e. The maximum atomic E-state index is 10.9. The second kappa shape index (κ2) is 3.84. The minimum absolute atomic E-state index is 0.334. The van der Waals surface area contributed by atoms with Gasteiger partial charge in [0.25, 0.3) is 0 Å². The highest BCUT2D eigenvalue weighted by Crippen LogP contribution is 2.16. The number of carboxylic acids is 1. The number of hydrogen-bond acceptors (Lipinski definition) is 3. The van der Waals surface area contributed by atoms with Gasteiger partial charge in [0.2, 0.25) is 0 Å². The van der Waals surface area contributed by atoms with Gasteiger partial charge in [-0.25, -0.2) is 4.79 Å². The highest BCUT2D eigenvalue weighted by molar-refractivity contribution is 5.89. The van der Waals surface area contributed by atoms with Crippen molar-refractivity contribution in [3.63, 3.8) is 0 Å². The fourth-order valence-corrected chi connectivity index (χ4v) is 1.74. The lowest BCUT2D eigenvalue weighted by molar-refractivity contribution is 0.0696.